The third-order valence-electron chi connectivity index (χ3n) is 6.35. The van der Waals surface area contributed by atoms with Gasteiger partial charge in [0, 0.05) is 18.7 Å². The second-order valence-corrected chi connectivity index (χ2v) is 10.2. The molecule has 0 unspecified atom stereocenters. The Hall–Kier alpha value is -3.81. The van der Waals surface area contributed by atoms with E-state index in [0.717, 1.165) is 29.1 Å². The number of hydrogen-bond acceptors (Lipinski definition) is 5. The van der Waals surface area contributed by atoms with Crippen molar-refractivity contribution in [2.24, 2.45) is 5.41 Å². The Balaban J connectivity index is 0.000000349. The Kier molecular flexibility index (Phi) is 11.2. The molecule has 226 valence electrons. The summed E-state index contributed by atoms with van der Waals surface area (Å²) >= 11 is 0. The van der Waals surface area contributed by atoms with Crippen molar-refractivity contribution in [2.75, 3.05) is 0 Å². The second kappa shape index (κ2) is 13.7. The number of fused-ring (bicyclic) bond motifs is 1. The summed E-state index contributed by atoms with van der Waals surface area (Å²) in [5.74, 6) is -3.82. The van der Waals surface area contributed by atoms with E-state index in [4.69, 9.17) is 24.5 Å². The maximum atomic E-state index is 10.6. The lowest BCUT2D eigenvalue weighted by molar-refractivity contribution is -0.193. The molecule has 0 atom stereocenters. The number of halogens is 6. The van der Waals surface area contributed by atoms with Crippen LogP contribution in [0.25, 0.3) is 11.0 Å². The predicted octanol–water partition coefficient (Wildman–Crippen LogP) is 6.99. The van der Waals surface area contributed by atoms with Crippen LogP contribution in [0.3, 0.4) is 0 Å². The van der Waals surface area contributed by atoms with Gasteiger partial charge in [-0.25, -0.2) is 14.6 Å². The molecule has 0 amide bonds. The number of carboxylic acids is 2. The van der Waals surface area contributed by atoms with Crippen LogP contribution in [0.4, 0.5) is 26.3 Å². The van der Waals surface area contributed by atoms with Crippen molar-refractivity contribution >= 4 is 23.0 Å². The standard InChI is InChI=1S/C23H29N3O.2C2HF3O2/c1-16-12-19(27-20-6-7-21-22(13-20)26-15-25-21)5-4-17(16)14-24-18-8-10-23(2,3)11-9-18;2*3-2(4,5)1(6)7/h4-7,12-13,15,18,24H,8-11,14H2,1-3H3,(H,25,26);2*(H,6,7). The molecular weight excluding hydrogens is 560 g/mol. The summed E-state index contributed by atoms with van der Waals surface area (Å²) < 4.78 is 69.5. The molecule has 3 aromatic rings. The molecule has 1 heterocycles. The lowest BCUT2D eigenvalue weighted by Crippen LogP contribution is -2.35. The molecule has 41 heavy (non-hydrogen) atoms. The second-order valence-electron chi connectivity index (χ2n) is 10.2. The smallest absolute Gasteiger partial charge is 0.475 e. The summed E-state index contributed by atoms with van der Waals surface area (Å²) in [6.45, 7) is 7.86. The fraction of sp³-hybridized carbons (Fsp3) is 0.444. The fourth-order valence-corrected chi connectivity index (χ4v) is 3.90. The van der Waals surface area contributed by atoms with Gasteiger partial charge in [0.25, 0.3) is 0 Å². The van der Waals surface area contributed by atoms with E-state index in [1.165, 1.54) is 36.8 Å². The van der Waals surface area contributed by atoms with Crippen molar-refractivity contribution in [3.63, 3.8) is 0 Å². The van der Waals surface area contributed by atoms with Crippen LogP contribution in [0.5, 0.6) is 11.5 Å². The van der Waals surface area contributed by atoms with Gasteiger partial charge in [0.1, 0.15) is 11.5 Å². The Bertz CT molecular complexity index is 1290. The van der Waals surface area contributed by atoms with Gasteiger partial charge >= 0.3 is 24.3 Å². The quantitative estimate of drug-likeness (QED) is 0.236. The number of aromatic amines is 1. The molecule has 4 rings (SSSR count). The van der Waals surface area contributed by atoms with Crippen LogP contribution in [-0.4, -0.2) is 50.5 Å². The zero-order valence-electron chi connectivity index (χ0n) is 22.5. The van der Waals surface area contributed by atoms with Crippen LogP contribution in [0.15, 0.2) is 42.7 Å². The molecule has 0 bridgehead atoms. The number of alkyl halides is 6. The van der Waals surface area contributed by atoms with Crippen LogP contribution in [-0.2, 0) is 16.1 Å². The maximum absolute atomic E-state index is 10.6. The minimum Gasteiger partial charge on any atom is -0.475 e. The summed E-state index contributed by atoms with van der Waals surface area (Å²) in [5.41, 5.74) is 5.06. The van der Waals surface area contributed by atoms with Gasteiger partial charge in [-0.05, 0) is 73.4 Å². The van der Waals surface area contributed by atoms with Gasteiger partial charge in [0.2, 0.25) is 0 Å². The number of carbonyl (C=O) groups is 2. The third kappa shape index (κ3) is 11.3. The Labute approximate surface area is 231 Å². The number of rotatable bonds is 5. The molecule has 1 saturated carbocycles. The number of nitrogens with zero attached hydrogens (tertiary/aromatic N) is 1. The number of ether oxygens (including phenoxy) is 1. The molecule has 14 heteroatoms. The van der Waals surface area contributed by atoms with Crippen molar-refractivity contribution in [2.45, 2.75) is 71.4 Å². The molecule has 1 aliphatic carbocycles. The highest BCUT2D eigenvalue weighted by Crippen LogP contribution is 2.35. The number of nitrogens with one attached hydrogen (secondary N) is 2. The molecule has 0 aliphatic heterocycles. The van der Waals surface area contributed by atoms with E-state index in [0.29, 0.717) is 11.5 Å². The minimum atomic E-state index is -5.08. The zero-order valence-corrected chi connectivity index (χ0v) is 22.5. The van der Waals surface area contributed by atoms with E-state index >= 15 is 0 Å². The van der Waals surface area contributed by atoms with Crippen LogP contribution < -0.4 is 10.1 Å². The molecule has 4 N–H and O–H groups in total. The van der Waals surface area contributed by atoms with Crippen LogP contribution in [0.1, 0.15) is 50.7 Å². The van der Waals surface area contributed by atoms with E-state index in [1.807, 2.05) is 18.2 Å². The molecule has 0 radical (unpaired) electrons. The van der Waals surface area contributed by atoms with Crippen LogP contribution in [0.2, 0.25) is 0 Å². The number of aryl methyl sites for hydroxylation is 1. The lowest BCUT2D eigenvalue weighted by atomic mass is 9.75. The number of H-pyrrole nitrogens is 1. The largest absolute Gasteiger partial charge is 0.490 e. The van der Waals surface area contributed by atoms with Crippen molar-refractivity contribution in [1.82, 2.24) is 15.3 Å². The molecule has 8 nitrogen and oxygen atoms in total. The van der Waals surface area contributed by atoms with E-state index in [1.54, 1.807) is 6.33 Å². The number of aromatic nitrogens is 2. The van der Waals surface area contributed by atoms with Gasteiger partial charge in [-0.15, -0.1) is 0 Å². The molecular formula is C27H31F6N3O5. The van der Waals surface area contributed by atoms with Gasteiger partial charge in [-0.2, -0.15) is 26.3 Å². The third-order valence-corrected chi connectivity index (χ3v) is 6.35. The number of aliphatic carboxylic acids is 2. The highest BCUT2D eigenvalue weighted by Gasteiger charge is 2.38. The monoisotopic (exact) mass is 591 g/mol. The molecule has 2 aromatic carbocycles. The van der Waals surface area contributed by atoms with Crippen molar-refractivity contribution < 1.29 is 50.9 Å². The van der Waals surface area contributed by atoms with Crippen molar-refractivity contribution in [1.29, 1.82) is 0 Å². The summed E-state index contributed by atoms with van der Waals surface area (Å²) in [4.78, 5) is 25.2. The minimum absolute atomic E-state index is 0.520. The molecule has 1 aliphatic rings. The highest BCUT2D eigenvalue weighted by molar-refractivity contribution is 5.76. The Morgan fingerprint density at radius 2 is 1.49 bits per heavy atom. The normalized spacial score (nSPS) is 15.2. The average Bonchev–Trinajstić information content (AvgIpc) is 3.32. The highest BCUT2D eigenvalue weighted by atomic mass is 19.4. The maximum Gasteiger partial charge on any atom is 0.490 e. The van der Waals surface area contributed by atoms with E-state index in [2.05, 4.69) is 54.3 Å². The van der Waals surface area contributed by atoms with E-state index in [-0.39, 0.29) is 0 Å². The predicted molar refractivity (Wildman–Crippen MR) is 138 cm³/mol. The topological polar surface area (TPSA) is 125 Å². The summed E-state index contributed by atoms with van der Waals surface area (Å²) in [6, 6.07) is 12.9. The van der Waals surface area contributed by atoms with Gasteiger partial charge in [0.15, 0.2) is 0 Å². The van der Waals surface area contributed by atoms with Crippen molar-refractivity contribution in [3.05, 3.63) is 53.9 Å². The lowest BCUT2D eigenvalue weighted by Gasteiger charge is -2.34. The molecule has 0 spiro atoms. The number of benzene rings is 2. The van der Waals surface area contributed by atoms with E-state index in [9.17, 15) is 26.3 Å². The number of hydrogen-bond donors (Lipinski definition) is 4. The van der Waals surface area contributed by atoms with Crippen LogP contribution >= 0.6 is 0 Å². The van der Waals surface area contributed by atoms with Gasteiger partial charge < -0.3 is 25.3 Å². The first-order valence-corrected chi connectivity index (χ1v) is 12.4. The van der Waals surface area contributed by atoms with Gasteiger partial charge in [-0.3, -0.25) is 0 Å². The molecule has 1 aromatic heterocycles. The summed E-state index contributed by atoms with van der Waals surface area (Å²) in [5, 5.41) is 18.0. The number of imidazole rings is 1. The van der Waals surface area contributed by atoms with Gasteiger partial charge in [-0.1, -0.05) is 19.9 Å². The first-order valence-electron chi connectivity index (χ1n) is 12.4. The van der Waals surface area contributed by atoms with Gasteiger partial charge in [0.05, 0.1) is 17.4 Å². The summed E-state index contributed by atoms with van der Waals surface area (Å²) in [7, 11) is 0. The van der Waals surface area contributed by atoms with E-state index < -0.39 is 24.3 Å². The fourth-order valence-electron chi connectivity index (χ4n) is 3.90. The summed E-state index contributed by atoms with van der Waals surface area (Å²) in [6.07, 6.45) is -3.27. The first-order chi connectivity index (χ1) is 18.9. The SMILES string of the molecule is Cc1cc(Oc2ccc3nc[nH]c3c2)ccc1CNC1CCC(C)(C)CC1.O=C(O)C(F)(F)F.O=C(O)C(F)(F)F. The Morgan fingerprint density at radius 1 is 0.976 bits per heavy atom. The Morgan fingerprint density at radius 3 is 2.00 bits per heavy atom. The molecule has 1 fully saturated rings. The molecule has 0 saturated heterocycles. The first kappa shape index (κ1) is 33.4. The van der Waals surface area contributed by atoms with Crippen LogP contribution in [0, 0.1) is 12.3 Å². The van der Waals surface area contributed by atoms with Crippen molar-refractivity contribution in [3.8, 4) is 11.5 Å². The number of carboxylic acid groups (broad SMARTS) is 2. The average molecular weight is 592 g/mol. The zero-order chi connectivity index (χ0) is 31.0.